The first-order valence-electron chi connectivity index (χ1n) is 7.39. The molecule has 3 nitrogen and oxygen atoms in total. The fourth-order valence-electron chi connectivity index (χ4n) is 3.39. The Labute approximate surface area is 111 Å². The third-order valence-corrected chi connectivity index (χ3v) is 4.82. The molecular formula is C15H28N2O. The van der Waals surface area contributed by atoms with Crippen LogP contribution in [0.4, 0.5) is 0 Å². The smallest absolute Gasteiger partial charge is 0.239 e. The van der Waals surface area contributed by atoms with Gasteiger partial charge in [0.2, 0.25) is 5.91 Å². The highest BCUT2D eigenvalue weighted by Crippen LogP contribution is 2.37. The quantitative estimate of drug-likeness (QED) is 0.818. The highest BCUT2D eigenvalue weighted by atomic mass is 16.2. The third kappa shape index (κ3) is 3.05. The van der Waals surface area contributed by atoms with Crippen molar-refractivity contribution in [1.29, 1.82) is 0 Å². The van der Waals surface area contributed by atoms with E-state index in [-0.39, 0.29) is 11.9 Å². The minimum atomic E-state index is 0.0891. The molecule has 104 valence electrons. The zero-order valence-electron chi connectivity index (χ0n) is 12.3. The van der Waals surface area contributed by atoms with Gasteiger partial charge < -0.3 is 10.2 Å². The van der Waals surface area contributed by atoms with Crippen molar-refractivity contribution in [3.05, 3.63) is 0 Å². The lowest BCUT2D eigenvalue weighted by Crippen LogP contribution is -2.45. The number of likely N-dealkylation sites (N-methyl/N-ethyl adjacent to an activating group) is 1. The van der Waals surface area contributed by atoms with E-state index in [0.29, 0.717) is 11.5 Å². The molecule has 1 unspecified atom stereocenters. The van der Waals surface area contributed by atoms with Gasteiger partial charge in [-0.25, -0.2) is 0 Å². The van der Waals surface area contributed by atoms with Gasteiger partial charge in [0, 0.05) is 19.6 Å². The number of hydrogen-bond donors (Lipinski definition) is 1. The maximum absolute atomic E-state index is 11.9. The number of amides is 1. The molecule has 2 rings (SSSR count). The van der Waals surface area contributed by atoms with Gasteiger partial charge in [-0.15, -0.1) is 0 Å². The molecule has 1 aliphatic carbocycles. The van der Waals surface area contributed by atoms with E-state index < -0.39 is 0 Å². The predicted octanol–water partition coefficient (Wildman–Crippen LogP) is 2.41. The average Bonchev–Trinajstić information content (AvgIpc) is 2.61. The Balaban J connectivity index is 1.79. The monoisotopic (exact) mass is 252 g/mol. The summed E-state index contributed by atoms with van der Waals surface area (Å²) in [7, 11) is 1.90. The second-order valence-corrected chi connectivity index (χ2v) is 7.18. The van der Waals surface area contributed by atoms with Crippen LogP contribution in [0.5, 0.6) is 0 Å². The molecule has 0 aromatic carbocycles. The second-order valence-electron chi connectivity index (χ2n) is 7.18. The largest absolute Gasteiger partial charge is 0.344 e. The number of nitrogens with zero attached hydrogens (tertiary/aromatic N) is 1. The lowest BCUT2D eigenvalue weighted by molar-refractivity contribution is -0.128. The van der Waals surface area contributed by atoms with Gasteiger partial charge in [-0.1, -0.05) is 20.8 Å². The molecular weight excluding hydrogens is 224 g/mol. The van der Waals surface area contributed by atoms with Crippen molar-refractivity contribution in [2.75, 3.05) is 13.6 Å². The zero-order chi connectivity index (χ0) is 13.3. The van der Waals surface area contributed by atoms with E-state index in [4.69, 9.17) is 0 Å². The van der Waals surface area contributed by atoms with Gasteiger partial charge in [-0.3, -0.25) is 4.79 Å². The Morgan fingerprint density at radius 2 is 1.72 bits per heavy atom. The summed E-state index contributed by atoms with van der Waals surface area (Å²) in [6.07, 6.45) is 6.05. The van der Waals surface area contributed by atoms with Crippen molar-refractivity contribution in [1.82, 2.24) is 10.2 Å². The van der Waals surface area contributed by atoms with E-state index in [0.717, 1.165) is 18.9 Å². The van der Waals surface area contributed by atoms with Gasteiger partial charge in [-0.2, -0.15) is 0 Å². The first-order chi connectivity index (χ1) is 8.38. The van der Waals surface area contributed by atoms with Crippen LogP contribution < -0.4 is 5.32 Å². The van der Waals surface area contributed by atoms with Crippen LogP contribution in [0.3, 0.4) is 0 Å². The van der Waals surface area contributed by atoms with Crippen LogP contribution >= 0.6 is 0 Å². The van der Waals surface area contributed by atoms with E-state index in [9.17, 15) is 4.79 Å². The number of likely N-dealkylation sites (tertiary alicyclic amines) is 1. The van der Waals surface area contributed by atoms with Crippen LogP contribution in [0.2, 0.25) is 0 Å². The number of carbonyl (C=O) groups excluding carboxylic acids is 1. The van der Waals surface area contributed by atoms with E-state index in [2.05, 4.69) is 26.1 Å². The predicted molar refractivity (Wildman–Crippen MR) is 74.4 cm³/mol. The molecule has 1 aliphatic heterocycles. The van der Waals surface area contributed by atoms with Crippen molar-refractivity contribution in [2.45, 2.75) is 65.0 Å². The fourth-order valence-corrected chi connectivity index (χ4v) is 3.39. The first kappa shape index (κ1) is 13.9. The summed E-state index contributed by atoms with van der Waals surface area (Å²) in [5.74, 6) is 1.13. The number of nitrogens with one attached hydrogen (secondary N) is 1. The Morgan fingerprint density at radius 1 is 1.11 bits per heavy atom. The lowest BCUT2D eigenvalue weighted by Gasteiger charge is -2.37. The molecule has 1 saturated heterocycles. The Morgan fingerprint density at radius 3 is 2.17 bits per heavy atom. The molecule has 1 heterocycles. The van der Waals surface area contributed by atoms with Crippen molar-refractivity contribution < 1.29 is 4.79 Å². The molecule has 0 aromatic rings. The van der Waals surface area contributed by atoms with Crippen molar-refractivity contribution in [3.63, 3.8) is 0 Å². The molecule has 2 fully saturated rings. The molecule has 0 bridgehead atoms. The maximum Gasteiger partial charge on any atom is 0.239 e. The van der Waals surface area contributed by atoms with E-state index in [1.807, 2.05) is 11.9 Å². The molecule has 1 atom stereocenters. The van der Waals surface area contributed by atoms with Gasteiger partial charge in [0.25, 0.3) is 0 Å². The molecule has 1 N–H and O–H groups in total. The zero-order valence-corrected chi connectivity index (χ0v) is 12.3. The Bertz CT molecular complexity index is 300. The normalized spacial score (nSPS) is 34.1. The minimum Gasteiger partial charge on any atom is -0.344 e. The molecule has 18 heavy (non-hydrogen) atoms. The third-order valence-electron chi connectivity index (χ3n) is 4.82. The maximum atomic E-state index is 11.9. The SMILES string of the molecule is CN1CCC(NC2CCC(C(C)(C)C)CC2)C1=O. The molecule has 0 aromatic heterocycles. The summed E-state index contributed by atoms with van der Waals surface area (Å²) in [6.45, 7) is 7.95. The standard InChI is InChI=1S/C15H28N2O/c1-15(2,3)11-5-7-12(8-6-11)16-13-9-10-17(4)14(13)18/h11-13,16H,5-10H2,1-4H3. The molecule has 0 spiro atoms. The summed E-state index contributed by atoms with van der Waals surface area (Å²) in [4.78, 5) is 13.7. The van der Waals surface area contributed by atoms with Crippen LogP contribution in [0.1, 0.15) is 52.9 Å². The highest BCUT2D eigenvalue weighted by Gasteiger charge is 2.34. The summed E-state index contributed by atoms with van der Waals surface area (Å²) < 4.78 is 0. The summed E-state index contributed by atoms with van der Waals surface area (Å²) in [5, 5.41) is 3.58. The van der Waals surface area contributed by atoms with Crippen molar-refractivity contribution in [3.8, 4) is 0 Å². The minimum absolute atomic E-state index is 0.0891. The Hall–Kier alpha value is -0.570. The second kappa shape index (κ2) is 5.20. The van der Waals surface area contributed by atoms with Crippen LogP contribution in [0.25, 0.3) is 0 Å². The molecule has 1 saturated carbocycles. The summed E-state index contributed by atoms with van der Waals surface area (Å²) >= 11 is 0. The van der Waals surface area contributed by atoms with Gasteiger partial charge in [0.05, 0.1) is 6.04 Å². The van der Waals surface area contributed by atoms with Crippen LogP contribution in [0, 0.1) is 11.3 Å². The van der Waals surface area contributed by atoms with Crippen molar-refractivity contribution in [2.24, 2.45) is 11.3 Å². The van der Waals surface area contributed by atoms with Crippen molar-refractivity contribution >= 4 is 5.91 Å². The summed E-state index contributed by atoms with van der Waals surface area (Å²) in [5.41, 5.74) is 0.439. The number of hydrogen-bond acceptors (Lipinski definition) is 2. The van der Waals surface area contributed by atoms with Gasteiger partial charge >= 0.3 is 0 Å². The topological polar surface area (TPSA) is 32.3 Å². The van der Waals surface area contributed by atoms with Crippen LogP contribution in [-0.4, -0.2) is 36.5 Å². The number of carbonyl (C=O) groups is 1. The van der Waals surface area contributed by atoms with E-state index in [1.165, 1.54) is 25.7 Å². The van der Waals surface area contributed by atoms with E-state index >= 15 is 0 Å². The van der Waals surface area contributed by atoms with Crippen LogP contribution in [0.15, 0.2) is 0 Å². The Kier molecular flexibility index (Phi) is 4.00. The molecule has 2 aliphatic rings. The van der Waals surface area contributed by atoms with Gasteiger partial charge in [0.1, 0.15) is 0 Å². The molecule has 3 heteroatoms. The highest BCUT2D eigenvalue weighted by molar-refractivity contribution is 5.83. The lowest BCUT2D eigenvalue weighted by atomic mass is 9.71. The van der Waals surface area contributed by atoms with Gasteiger partial charge in [0.15, 0.2) is 0 Å². The first-order valence-corrected chi connectivity index (χ1v) is 7.39. The average molecular weight is 252 g/mol. The van der Waals surface area contributed by atoms with Crippen LogP contribution in [-0.2, 0) is 4.79 Å². The molecule has 0 radical (unpaired) electrons. The van der Waals surface area contributed by atoms with Gasteiger partial charge in [-0.05, 0) is 43.4 Å². The molecule has 1 amide bonds. The fraction of sp³-hybridized carbons (Fsp3) is 0.933. The summed E-state index contributed by atoms with van der Waals surface area (Å²) in [6, 6.07) is 0.648. The van der Waals surface area contributed by atoms with E-state index in [1.54, 1.807) is 0 Å². The number of rotatable bonds is 2.